The first-order valence-corrected chi connectivity index (χ1v) is 10.8. The van der Waals surface area contributed by atoms with Crippen molar-refractivity contribution in [1.29, 1.82) is 0 Å². The summed E-state index contributed by atoms with van der Waals surface area (Å²) in [7, 11) is 0. The molecule has 3 nitrogen and oxygen atoms in total. The third-order valence-corrected chi connectivity index (χ3v) is 6.38. The van der Waals surface area contributed by atoms with E-state index in [9.17, 15) is 0 Å². The Morgan fingerprint density at radius 2 is 1.55 bits per heavy atom. The Morgan fingerprint density at radius 3 is 2.21 bits per heavy atom. The Labute approximate surface area is 172 Å². The normalized spacial score (nSPS) is 18.6. The molecule has 4 bridgehead atoms. The molecular formula is C26H28N2O. The van der Waals surface area contributed by atoms with Crippen LogP contribution in [-0.4, -0.2) is 23.5 Å². The van der Waals surface area contributed by atoms with E-state index in [2.05, 4.69) is 63.2 Å². The third kappa shape index (κ3) is 3.43. The van der Waals surface area contributed by atoms with Gasteiger partial charge in [-0.2, -0.15) is 0 Å². The molecule has 0 N–H and O–H groups in total. The minimum atomic E-state index is 0.231. The van der Waals surface area contributed by atoms with Crippen LogP contribution in [0.4, 0.5) is 0 Å². The van der Waals surface area contributed by atoms with Crippen LogP contribution in [0, 0.1) is 12.8 Å². The molecule has 29 heavy (non-hydrogen) atoms. The maximum Gasteiger partial charge on any atom is 0.235 e. The van der Waals surface area contributed by atoms with Crippen molar-refractivity contribution in [2.45, 2.75) is 52.5 Å². The number of nitrogens with zero attached hydrogens (tertiary/aromatic N) is 2. The Kier molecular flexibility index (Phi) is 4.61. The molecule has 148 valence electrons. The second-order valence-electron chi connectivity index (χ2n) is 8.80. The molecule has 3 heteroatoms. The highest BCUT2D eigenvalue weighted by atomic mass is 16.5. The van der Waals surface area contributed by atoms with Crippen LogP contribution in [-0.2, 0) is 30.4 Å². The van der Waals surface area contributed by atoms with Crippen molar-refractivity contribution in [1.82, 2.24) is 4.98 Å². The molecule has 3 aromatic rings. The molecule has 2 aromatic carbocycles. The number of hydrogen-bond acceptors (Lipinski definition) is 3. The molecule has 2 heterocycles. The van der Waals surface area contributed by atoms with Crippen LogP contribution in [0.3, 0.4) is 0 Å². The van der Waals surface area contributed by atoms with Gasteiger partial charge in [0.2, 0.25) is 5.90 Å². The average Bonchev–Trinajstić information content (AvgIpc) is 3.20. The van der Waals surface area contributed by atoms with Gasteiger partial charge >= 0.3 is 0 Å². The van der Waals surface area contributed by atoms with Crippen molar-refractivity contribution in [3.63, 3.8) is 0 Å². The largest absolute Gasteiger partial charge is 0.474 e. The van der Waals surface area contributed by atoms with Crippen molar-refractivity contribution in [2.24, 2.45) is 10.9 Å². The van der Waals surface area contributed by atoms with Crippen LogP contribution >= 0.6 is 0 Å². The van der Waals surface area contributed by atoms with Gasteiger partial charge in [0.15, 0.2) is 0 Å². The van der Waals surface area contributed by atoms with Gasteiger partial charge in [0.25, 0.3) is 0 Å². The van der Waals surface area contributed by atoms with Crippen molar-refractivity contribution in [3.8, 4) is 0 Å². The van der Waals surface area contributed by atoms with Crippen LogP contribution in [0.25, 0.3) is 10.9 Å². The van der Waals surface area contributed by atoms with Crippen molar-refractivity contribution < 1.29 is 4.74 Å². The number of benzene rings is 2. The molecule has 5 aliphatic rings. The summed E-state index contributed by atoms with van der Waals surface area (Å²) in [6, 6.07) is 16.1. The highest BCUT2D eigenvalue weighted by Gasteiger charge is 2.24. The molecule has 1 aliphatic heterocycles. The van der Waals surface area contributed by atoms with E-state index >= 15 is 0 Å². The van der Waals surface area contributed by atoms with Crippen LogP contribution in [0.1, 0.15) is 47.4 Å². The number of hydrogen-bond donors (Lipinski definition) is 0. The van der Waals surface area contributed by atoms with Crippen molar-refractivity contribution in [3.05, 3.63) is 76.0 Å². The molecule has 1 atom stereocenters. The SMILES string of the molecule is Cc1cc(C2=N[C@H](C(C)C)CO2)nc2c3ccc(c12)CCc1ccc(cc1)CC3. The van der Waals surface area contributed by atoms with E-state index < -0.39 is 0 Å². The third-order valence-electron chi connectivity index (χ3n) is 6.38. The lowest BCUT2D eigenvalue weighted by Crippen LogP contribution is -2.13. The van der Waals surface area contributed by atoms with Gasteiger partial charge in [0.1, 0.15) is 12.3 Å². The summed E-state index contributed by atoms with van der Waals surface area (Å²) < 4.78 is 5.94. The minimum absolute atomic E-state index is 0.231. The molecule has 4 aliphatic carbocycles. The van der Waals surface area contributed by atoms with Crippen molar-refractivity contribution in [2.75, 3.05) is 6.61 Å². The van der Waals surface area contributed by atoms with E-state index in [-0.39, 0.29) is 6.04 Å². The van der Waals surface area contributed by atoms with Crippen LogP contribution < -0.4 is 0 Å². The van der Waals surface area contributed by atoms with E-state index in [4.69, 9.17) is 14.7 Å². The number of aromatic nitrogens is 1. The molecule has 1 aromatic heterocycles. The summed E-state index contributed by atoms with van der Waals surface area (Å²) in [5, 5.41) is 1.32. The molecule has 0 fully saturated rings. The Balaban J connectivity index is 1.63. The molecule has 0 radical (unpaired) electrons. The first kappa shape index (κ1) is 18.4. The van der Waals surface area contributed by atoms with Crippen molar-refractivity contribution >= 4 is 16.8 Å². The standard InChI is InChI=1S/C26H28N2O/c1-16(2)23-15-29-26(28-23)22-14-17(3)24-20-10-8-18-4-6-19(7-5-18)9-11-21(13-12-20)25(24)27-22/h4-7,12-14,16,23H,8-11,15H2,1-3H3/t23-/m0/s1. The monoisotopic (exact) mass is 384 g/mol. The first-order valence-electron chi connectivity index (χ1n) is 10.8. The molecule has 8 rings (SSSR count). The Bertz CT molecular complexity index is 1100. The minimum Gasteiger partial charge on any atom is -0.474 e. The zero-order chi connectivity index (χ0) is 20.0. The molecule has 0 unspecified atom stereocenters. The lowest BCUT2D eigenvalue weighted by molar-refractivity contribution is 0.291. The van der Waals surface area contributed by atoms with Crippen LogP contribution in [0.15, 0.2) is 47.5 Å². The van der Waals surface area contributed by atoms with E-state index in [1.165, 1.54) is 33.2 Å². The average molecular weight is 385 g/mol. The zero-order valence-electron chi connectivity index (χ0n) is 17.5. The highest BCUT2D eigenvalue weighted by molar-refractivity contribution is 5.98. The van der Waals surface area contributed by atoms with E-state index in [0.717, 1.165) is 36.9 Å². The number of aryl methyl sites for hydroxylation is 5. The number of pyridine rings is 1. The van der Waals surface area contributed by atoms with Gasteiger partial charge in [0.05, 0.1) is 11.6 Å². The van der Waals surface area contributed by atoms with E-state index in [1.54, 1.807) is 0 Å². The maximum absolute atomic E-state index is 5.94. The fourth-order valence-electron chi connectivity index (χ4n) is 4.50. The molecule has 0 amide bonds. The summed E-state index contributed by atoms with van der Waals surface area (Å²) in [6.45, 7) is 7.25. The van der Waals surface area contributed by atoms with Gasteiger partial charge in [-0.1, -0.05) is 50.2 Å². The number of aliphatic imine (C=N–C) groups is 1. The second-order valence-corrected chi connectivity index (χ2v) is 8.80. The fraction of sp³-hybridized carbons (Fsp3) is 0.385. The predicted octanol–water partition coefficient (Wildman–Crippen LogP) is 5.23. The lowest BCUT2D eigenvalue weighted by atomic mass is 9.91. The maximum atomic E-state index is 5.94. The summed E-state index contributed by atoms with van der Waals surface area (Å²) >= 11 is 0. The second kappa shape index (κ2) is 7.29. The number of rotatable bonds is 2. The summed E-state index contributed by atoms with van der Waals surface area (Å²) in [6.07, 6.45) is 4.12. The molecular weight excluding hydrogens is 356 g/mol. The summed E-state index contributed by atoms with van der Waals surface area (Å²) in [5.41, 5.74) is 8.78. The summed E-state index contributed by atoms with van der Waals surface area (Å²) in [4.78, 5) is 9.92. The highest BCUT2D eigenvalue weighted by Crippen LogP contribution is 2.29. The summed E-state index contributed by atoms with van der Waals surface area (Å²) in [5.74, 6) is 1.19. The van der Waals surface area contributed by atoms with E-state index in [1.807, 2.05) is 0 Å². The Hall–Kier alpha value is -2.68. The fourth-order valence-corrected chi connectivity index (χ4v) is 4.50. The van der Waals surface area contributed by atoms with Gasteiger partial charge in [-0.05, 0) is 72.4 Å². The molecule has 0 saturated carbocycles. The number of ether oxygens (including phenoxy) is 1. The van der Waals surface area contributed by atoms with E-state index in [0.29, 0.717) is 18.4 Å². The Morgan fingerprint density at radius 1 is 0.897 bits per heavy atom. The van der Waals surface area contributed by atoms with Gasteiger partial charge in [-0.25, -0.2) is 9.98 Å². The lowest BCUT2D eigenvalue weighted by Gasteiger charge is -2.16. The van der Waals surface area contributed by atoms with Crippen LogP contribution in [0.2, 0.25) is 0 Å². The predicted molar refractivity (Wildman–Crippen MR) is 119 cm³/mol. The molecule has 0 saturated heterocycles. The molecule has 0 spiro atoms. The van der Waals surface area contributed by atoms with Gasteiger partial charge in [0, 0.05) is 5.39 Å². The van der Waals surface area contributed by atoms with Gasteiger partial charge in [-0.3, -0.25) is 0 Å². The zero-order valence-corrected chi connectivity index (χ0v) is 17.5. The topological polar surface area (TPSA) is 34.5 Å². The van der Waals surface area contributed by atoms with Gasteiger partial charge < -0.3 is 4.74 Å². The van der Waals surface area contributed by atoms with Crippen LogP contribution in [0.5, 0.6) is 0 Å². The quantitative estimate of drug-likeness (QED) is 0.606. The first-order chi connectivity index (χ1) is 14.1. The van der Waals surface area contributed by atoms with Gasteiger partial charge in [-0.15, -0.1) is 0 Å². The smallest absolute Gasteiger partial charge is 0.235 e.